The van der Waals surface area contributed by atoms with Gasteiger partial charge < -0.3 is 18.9 Å². The van der Waals surface area contributed by atoms with Gasteiger partial charge in [0.15, 0.2) is 12.6 Å². The predicted molar refractivity (Wildman–Crippen MR) is 70.4 cm³/mol. The molecule has 0 aromatic heterocycles. The van der Waals surface area contributed by atoms with E-state index in [1.807, 2.05) is 13.8 Å². The van der Waals surface area contributed by atoms with E-state index in [-0.39, 0.29) is 12.6 Å². The Morgan fingerprint density at radius 3 is 2.50 bits per heavy atom. The van der Waals surface area contributed by atoms with Gasteiger partial charge in [0.2, 0.25) is 0 Å². The van der Waals surface area contributed by atoms with Crippen molar-refractivity contribution in [1.29, 1.82) is 0 Å². The first-order valence-electron chi connectivity index (χ1n) is 7.33. The smallest absolute Gasteiger partial charge is 0.157 e. The van der Waals surface area contributed by atoms with Gasteiger partial charge in [-0.2, -0.15) is 0 Å². The zero-order valence-corrected chi connectivity index (χ0v) is 11.9. The molecular weight excluding hydrogens is 232 g/mol. The summed E-state index contributed by atoms with van der Waals surface area (Å²) in [5, 5.41) is 0. The van der Waals surface area contributed by atoms with Gasteiger partial charge in [0.25, 0.3) is 0 Å². The average Bonchev–Trinajstić information content (AvgIpc) is 2.40. The second-order valence-electron chi connectivity index (χ2n) is 4.50. The molecule has 1 aliphatic rings. The molecule has 0 amide bonds. The van der Waals surface area contributed by atoms with Crippen molar-refractivity contribution in [3.63, 3.8) is 0 Å². The molecular formula is C14H28O4. The van der Waals surface area contributed by atoms with Crippen LogP contribution in [-0.2, 0) is 18.9 Å². The Labute approximate surface area is 111 Å². The Morgan fingerprint density at radius 1 is 1.11 bits per heavy atom. The maximum atomic E-state index is 5.68. The Hall–Kier alpha value is -0.160. The van der Waals surface area contributed by atoms with Gasteiger partial charge in [0.1, 0.15) is 0 Å². The molecule has 108 valence electrons. The van der Waals surface area contributed by atoms with Gasteiger partial charge in [-0.15, -0.1) is 0 Å². The van der Waals surface area contributed by atoms with Crippen molar-refractivity contribution in [2.45, 2.75) is 65.0 Å². The molecule has 0 bridgehead atoms. The van der Waals surface area contributed by atoms with Crippen LogP contribution in [0.3, 0.4) is 0 Å². The van der Waals surface area contributed by atoms with Crippen molar-refractivity contribution in [3.8, 4) is 0 Å². The van der Waals surface area contributed by atoms with Crippen LogP contribution in [0.5, 0.6) is 0 Å². The number of hydrogen-bond donors (Lipinski definition) is 0. The van der Waals surface area contributed by atoms with Gasteiger partial charge >= 0.3 is 0 Å². The first-order valence-corrected chi connectivity index (χ1v) is 7.33. The van der Waals surface area contributed by atoms with Crippen LogP contribution < -0.4 is 0 Å². The molecule has 0 N–H and O–H groups in total. The molecule has 1 atom stereocenters. The van der Waals surface area contributed by atoms with Gasteiger partial charge in [-0.25, -0.2) is 0 Å². The molecule has 4 nitrogen and oxygen atoms in total. The first-order chi connectivity index (χ1) is 8.86. The Bertz CT molecular complexity index is 175. The summed E-state index contributed by atoms with van der Waals surface area (Å²) in [7, 11) is 0. The second-order valence-corrected chi connectivity index (χ2v) is 4.50. The molecule has 0 saturated carbocycles. The van der Waals surface area contributed by atoms with Gasteiger partial charge in [0, 0.05) is 26.4 Å². The van der Waals surface area contributed by atoms with E-state index in [1.54, 1.807) is 0 Å². The Kier molecular flexibility index (Phi) is 9.48. The van der Waals surface area contributed by atoms with E-state index >= 15 is 0 Å². The summed E-state index contributed by atoms with van der Waals surface area (Å²) in [6.07, 6.45) is 6.47. The van der Waals surface area contributed by atoms with Crippen LogP contribution in [0.4, 0.5) is 0 Å². The first kappa shape index (κ1) is 15.9. The minimum absolute atomic E-state index is 0.0355. The van der Waals surface area contributed by atoms with E-state index in [4.69, 9.17) is 18.9 Å². The predicted octanol–water partition coefficient (Wildman–Crippen LogP) is 3.10. The maximum absolute atomic E-state index is 5.68. The highest BCUT2D eigenvalue weighted by Crippen LogP contribution is 2.14. The third-order valence-corrected chi connectivity index (χ3v) is 2.98. The van der Waals surface area contributed by atoms with E-state index in [2.05, 4.69) is 0 Å². The zero-order valence-electron chi connectivity index (χ0n) is 11.9. The van der Waals surface area contributed by atoms with Gasteiger partial charge in [-0.3, -0.25) is 0 Å². The fourth-order valence-electron chi connectivity index (χ4n) is 2.06. The summed E-state index contributed by atoms with van der Waals surface area (Å²) >= 11 is 0. The lowest BCUT2D eigenvalue weighted by Crippen LogP contribution is -2.23. The van der Waals surface area contributed by atoms with Gasteiger partial charge in [0.05, 0.1) is 0 Å². The fraction of sp³-hybridized carbons (Fsp3) is 1.00. The standard InChI is InChI=1S/C14H28O4/c1-3-15-13(16-4-2)9-5-7-11-17-14-10-6-8-12-18-14/h13-14H,3-12H2,1-2H3. The van der Waals surface area contributed by atoms with Crippen LogP contribution in [-0.4, -0.2) is 39.0 Å². The number of unbranched alkanes of at least 4 members (excludes halogenated alkanes) is 1. The molecule has 0 spiro atoms. The highest BCUT2D eigenvalue weighted by atomic mass is 16.7. The number of rotatable bonds is 10. The third kappa shape index (κ3) is 7.31. The molecule has 0 aliphatic carbocycles. The minimum atomic E-state index is -0.0501. The molecule has 1 saturated heterocycles. The van der Waals surface area contributed by atoms with Crippen LogP contribution in [0.1, 0.15) is 52.4 Å². The normalized spacial score (nSPS) is 20.5. The quantitative estimate of drug-likeness (QED) is 0.447. The van der Waals surface area contributed by atoms with Crippen LogP contribution in [0.15, 0.2) is 0 Å². The SMILES string of the molecule is CCOC(CCCCOC1CCCCO1)OCC. The minimum Gasteiger partial charge on any atom is -0.353 e. The van der Waals surface area contributed by atoms with Crippen molar-refractivity contribution >= 4 is 0 Å². The fourth-order valence-corrected chi connectivity index (χ4v) is 2.06. The number of hydrogen-bond acceptors (Lipinski definition) is 4. The monoisotopic (exact) mass is 260 g/mol. The van der Waals surface area contributed by atoms with E-state index in [0.29, 0.717) is 13.2 Å². The average molecular weight is 260 g/mol. The lowest BCUT2D eigenvalue weighted by molar-refractivity contribution is -0.164. The van der Waals surface area contributed by atoms with E-state index in [0.717, 1.165) is 38.9 Å². The van der Waals surface area contributed by atoms with Crippen LogP contribution in [0, 0.1) is 0 Å². The highest BCUT2D eigenvalue weighted by molar-refractivity contribution is 4.54. The third-order valence-electron chi connectivity index (χ3n) is 2.98. The summed E-state index contributed by atoms with van der Waals surface area (Å²) in [6, 6.07) is 0. The molecule has 1 fully saturated rings. The molecule has 0 aromatic rings. The van der Waals surface area contributed by atoms with Gasteiger partial charge in [-0.05, 0) is 52.4 Å². The van der Waals surface area contributed by atoms with Crippen LogP contribution >= 0.6 is 0 Å². The van der Waals surface area contributed by atoms with E-state index < -0.39 is 0 Å². The molecule has 0 radical (unpaired) electrons. The van der Waals surface area contributed by atoms with Crippen LogP contribution in [0.25, 0.3) is 0 Å². The summed E-state index contributed by atoms with van der Waals surface area (Å²) < 4.78 is 22.2. The van der Waals surface area contributed by atoms with Crippen LogP contribution in [0.2, 0.25) is 0 Å². The van der Waals surface area contributed by atoms with Crippen molar-refractivity contribution in [2.24, 2.45) is 0 Å². The molecule has 1 unspecified atom stereocenters. The summed E-state index contributed by atoms with van der Waals surface area (Å²) in [5.74, 6) is 0. The molecule has 18 heavy (non-hydrogen) atoms. The number of ether oxygens (including phenoxy) is 4. The molecule has 4 heteroatoms. The largest absolute Gasteiger partial charge is 0.353 e. The lowest BCUT2D eigenvalue weighted by atomic mass is 10.2. The lowest BCUT2D eigenvalue weighted by Gasteiger charge is -2.22. The molecule has 1 heterocycles. The van der Waals surface area contributed by atoms with Gasteiger partial charge in [-0.1, -0.05) is 0 Å². The second kappa shape index (κ2) is 10.7. The van der Waals surface area contributed by atoms with E-state index in [9.17, 15) is 0 Å². The summed E-state index contributed by atoms with van der Waals surface area (Å²) in [6.45, 7) is 7.02. The molecule has 0 aromatic carbocycles. The molecule has 1 rings (SSSR count). The zero-order chi connectivity index (χ0) is 13.1. The highest BCUT2D eigenvalue weighted by Gasteiger charge is 2.13. The van der Waals surface area contributed by atoms with Crippen molar-refractivity contribution in [1.82, 2.24) is 0 Å². The summed E-state index contributed by atoms with van der Waals surface area (Å²) in [5.41, 5.74) is 0. The summed E-state index contributed by atoms with van der Waals surface area (Å²) in [4.78, 5) is 0. The van der Waals surface area contributed by atoms with Crippen molar-refractivity contribution < 1.29 is 18.9 Å². The maximum Gasteiger partial charge on any atom is 0.157 e. The molecule has 1 aliphatic heterocycles. The Balaban J connectivity index is 1.95. The van der Waals surface area contributed by atoms with E-state index in [1.165, 1.54) is 12.8 Å². The van der Waals surface area contributed by atoms with Crippen molar-refractivity contribution in [3.05, 3.63) is 0 Å². The topological polar surface area (TPSA) is 36.9 Å². The Morgan fingerprint density at radius 2 is 1.89 bits per heavy atom. The van der Waals surface area contributed by atoms with Crippen molar-refractivity contribution in [2.75, 3.05) is 26.4 Å².